The van der Waals surface area contributed by atoms with E-state index in [1.165, 1.54) is 11.8 Å². The molecule has 1 aromatic carbocycles. The molecule has 0 saturated carbocycles. The zero-order valence-electron chi connectivity index (χ0n) is 18.7. The molecule has 4 rings (SSSR count). The van der Waals surface area contributed by atoms with Gasteiger partial charge in [0.25, 0.3) is 0 Å². The Bertz CT molecular complexity index is 1200. The first kappa shape index (κ1) is 22.0. The fraction of sp³-hybridized carbons (Fsp3) is 0.231. The van der Waals surface area contributed by atoms with Gasteiger partial charge in [0.05, 0.1) is 18.1 Å². The topological polar surface area (TPSA) is 91.1 Å². The molecule has 0 radical (unpaired) electrons. The lowest BCUT2D eigenvalue weighted by Crippen LogP contribution is -2.42. The number of ether oxygens (including phenoxy) is 1. The summed E-state index contributed by atoms with van der Waals surface area (Å²) in [4.78, 5) is 22.7. The third kappa shape index (κ3) is 5.74. The summed E-state index contributed by atoms with van der Waals surface area (Å²) in [7, 11) is 0. The predicted octanol–water partition coefficient (Wildman–Crippen LogP) is 5.41. The molecule has 166 valence electrons. The summed E-state index contributed by atoms with van der Waals surface area (Å²) in [5, 5.41) is 11.7. The second-order valence-corrected chi connectivity index (χ2v) is 8.10. The summed E-state index contributed by atoms with van der Waals surface area (Å²) >= 11 is 0. The molecule has 1 fully saturated rings. The molecule has 1 N–H and O–H groups in total. The van der Waals surface area contributed by atoms with E-state index in [0.29, 0.717) is 30.2 Å². The number of nitrogens with zero attached hydrogens (tertiary/aromatic N) is 4. The zero-order chi connectivity index (χ0) is 23.2. The van der Waals surface area contributed by atoms with Gasteiger partial charge in [-0.15, -0.1) is 0 Å². The van der Waals surface area contributed by atoms with Gasteiger partial charge in [-0.1, -0.05) is 30.7 Å². The number of carbonyl (C=O) groups excluding carboxylic acids is 1. The zero-order valence-corrected chi connectivity index (χ0v) is 18.7. The smallest absolute Gasteiger partial charge is 0.321 e. The average Bonchev–Trinajstić information content (AvgIpc) is 2.82. The van der Waals surface area contributed by atoms with Crippen LogP contribution >= 0.6 is 0 Å². The number of anilines is 1. The van der Waals surface area contributed by atoms with Crippen molar-refractivity contribution in [2.75, 3.05) is 18.4 Å². The maximum absolute atomic E-state index is 12.7. The van der Waals surface area contributed by atoms with Crippen molar-refractivity contribution in [2.24, 2.45) is 5.92 Å². The molecule has 1 aliphatic heterocycles. The molecular formula is C26H25N5O2. The van der Waals surface area contributed by atoms with E-state index in [9.17, 15) is 4.79 Å². The molecule has 1 saturated heterocycles. The highest BCUT2D eigenvalue weighted by Crippen LogP contribution is 2.28. The molecule has 33 heavy (non-hydrogen) atoms. The fourth-order valence-electron chi connectivity index (χ4n) is 3.72. The molecule has 2 amide bonds. The Balaban J connectivity index is 1.38. The molecule has 0 aliphatic carbocycles. The van der Waals surface area contributed by atoms with Gasteiger partial charge in [0, 0.05) is 18.8 Å². The third-order valence-electron chi connectivity index (χ3n) is 5.54. The van der Waals surface area contributed by atoms with Crippen molar-refractivity contribution in [2.45, 2.75) is 20.3 Å². The average molecular weight is 440 g/mol. The number of aromatic nitrogens is 2. The highest BCUT2D eigenvalue weighted by Gasteiger charge is 2.24. The van der Waals surface area contributed by atoms with Crippen molar-refractivity contribution in [1.82, 2.24) is 14.9 Å². The molecule has 1 unspecified atom stereocenters. The number of amides is 2. The van der Waals surface area contributed by atoms with Crippen molar-refractivity contribution in [3.63, 3.8) is 0 Å². The number of rotatable bonds is 4. The number of likely N-dealkylation sites (tertiary alicyclic amines) is 1. The lowest BCUT2D eigenvalue weighted by Gasteiger charge is -2.33. The quantitative estimate of drug-likeness (QED) is 0.587. The number of hydrogen-bond donors (Lipinski definition) is 1. The number of pyridine rings is 2. The maximum atomic E-state index is 12.7. The highest BCUT2D eigenvalue weighted by molar-refractivity contribution is 5.89. The molecule has 7 heteroatoms. The Labute approximate surface area is 193 Å². The first-order chi connectivity index (χ1) is 16.0. The third-order valence-corrected chi connectivity index (χ3v) is 5.54. The molecular weight excluding hydrogens is 414 g/mol. The van der Waals surface area contributed by atoms with Gasteiger partial charge in [0.15, 0.2) is 0 Å². The van der Waals surface area contributed by atoms with Gasteiger partial charge in [-0.25, -0.2) is 9.78 Å². The molecule has 0 bridgehead atoms. The number of nitriles is 1. The van der Waals surface area contributed by atoms with Crippen LogP contribution in [-0.4, -0.2) is 34.0 Å². The molecule has 1 atom stereocenters. The molecule has 3 aromatic rings. The van der Waals surface area contributed by atoms with E-state index in [2.05, 4.69) is 34.4 Å². The summed E-state index contributed by atoms with van der Waals surface area (Å²) in [6, 6.07) is 16.9. The van der Waals surface area contributed by atoms with Crippen LogP contribution in [0.5, 0.6) is 11.5 Å². The van der Waals surface area contributed by atoms with Crippen molar-refractivity contribution >= 4 is 17.8 Å². The Kier molecular flexibility index (Phi) is 6.65. The van der Waals surface area contributed by atoms with Crippen LogP contribution in [0.4, 0.5) is 10.5 Å². The number of benzene rings is 1. The highest BCUT2D eigenvalue weighted by atomic mass is 16.5. The number of aryl methyl sites for hydroxylation is 1. The second-order valence-electron chi connectivity index (χ2n) is 8.10. The van der Waals surface area contributed by atoms with Gasteiger partial charge in [-0.3, -0.25) is 4.98 Å². The lowest BCUT2D eigenvalue weighted by atomic mass is 9.91. The molecule has 1 aliphatic rings. The maximum Gasteiger partial charge on any atom is 0.321 e. The van der Waals surface area contributed by atoms with E-state index in [1.807, 2.05) is 48.2 Å². The Hall–Kier alpha value is -4.18. The van der Waals surface area contributed by atoms with E-state index < -0.39 is 0 Å². The van der Waals surface area contributed by atoms with E-state index >= 15 is 0 Å². The number of urea groups is 1. The first-order valence-corrected chi connectivity index (χ1v) is 10.8. The monoisotopic (exact) mass is 439 g/mol. The molecule has 2 aromatic heterocycles. The van der Waals surface area contributed by atoms with Crippen LogP contribution in [0.1, 0.15) is 30.3 Å². The van der Waals surface area contributed by atoms with Gasteiger partial charge in [0.1, 0.15) is 23.3 Å². The van der Waals surface area contributed by atoms with Crippen molar-refractivity contribution < 1.29 is 9.53 Å². The van der Waals surface area contributed by atoms with Crippen LogP contribution in [0.15, 0.2) is 66.5 Å². The van der Waals surface area contributed by atoms with Gasteiger partial charge >= 0.3 is 6.03 Å². The van der Waals surface area contributed by atoms with E-state index in [0.717, 1.165) is 23.4 Å². The SMILES string of the molecule is Cc1ccc(Oc2cccc(C=C3CCN(C(=O)Nc4ccc(C#N)nc4)CC3C)c2)cn1. The van der Waals surface area contributed by atoms with E-state index in [1.54, 1.807) is 18.3 Å². The van der Waals surface area contributed by atoms with Gasteiger partial charge in [-0.05, 0) is 61.2 Å². The van der Waals surface area contributed by atoms with Crippen LogP contribution < -0.4 is 10.1 Å². The van der Waals surface area contributed by atoms with Crippen molar-refractivity contribution in [3.8, 4) is 17.6 Å². The number of hydrogen-bond acceptors (Lipinski definition) is 5. The van der Waals surface area contributed by atoms with E-state index in [-0.39, 0.29) is 11.9 Å². The summed E-state index contributed by atoms with van der Waals surface area (Å²) in [6.45, 7) is 5.34. The summed E-state index contributed by atoms with van der Waals surface area (Å²) < 4.78 is 5.93. The lowest BCUT2D eigenvalue weighted by molar-refractivity contribution is 0.198. The van der Waals surface area contributed by atoms with E-state index in [4.69, 9.17) is 10.00 Å². The first-order valence-electron chi connectivity index (χ1n) is 10.8. The second kappa shape index (κ2) is 9.96. The predicted molar refractivity (Wildman–Crippen MR) is 127 cm³/mol. The Morgan fingerprint density at radius 3 is 2.76 bits per heavy atom. The van der Waals surface area contributed by atoms with Crippen molar-refractivity contribution in [3.05, 3.63) is 83.4 Å². The minimum atomic E-state index is -0.158. The van der Waals surface area contributed by atoms with Gasteiger partial charge in [-0.2, -0.15) is 5.26 Å². The minimum absolute atomic E-state index is 0.158. The Morgan fingerprint density at radius 1 is 1.18 bits per heavy atom. The summed E-state index contributed by atoms with van der Waals surface area (Å²) in [5.41, 5.74) is 4.21. The number of nitrogens with one attached hydrogen (secondary N) is 1. The van der Waals surface area contributed by atoms with Crippen LogP contribution in [0.2, 0.25) is 0 Å². The van der Waals surface area contributed by atoms with Crippen LogP contribution in [0.3, 0.4) is 0 Å². The van der Waals surface area contributed by atoms with Gasteiger partial charge in [0.2, 0.25) is 0 Å². The summed E-state index contributed by atoms with van der Waals surface area (Å²) in [5.74, 6) is 1.69. The molecule has 3 heterocycles. The standard InChI is InChI=1S/C26H25N5O2/c1-18-17-31(26(32)30-23-8-7-22(14-27)29-15-23)11-10-21(18)12-20-4-3-5-24(13-20)33-25-9-6-19(2)28-16-25/h3-9,12-13,15-16,18H,10-11,17H2,1-2H3,(H,30,32). The number of piperidine rings is 1. The minimum Gasteiger partial charge on any atom is -0.456 e. The largest absolute Gasteiger partial charge is 0.456 e. The molecule has 7 nitrogen and oxygen atoms in total. The van der Waals surface area contributed by atoms with Gasteiger partial charge < -0.3 is 15.0 Å². The Morgan fingerprint density at radius 2 is 2.06 bits per heavy atom. The van der Waals surface area contributed by atoms with Crippen molar-refractivity contribution in [1.29, 1.82) is 5.26 Å². The van der Waals surface area contributed by atoms with Crippen LogP contribution in [-0.2, 0) is 0 Å². The van der Waals surface area contributed by atoms with Crippen LogP contribution in [0, 0.1) is 24.2 Å². The molecule has 0 spiro atoms. The summed E-state index contributed by atoms with van der Waals surface area (Å²) in [6.07, 6.45) is 6.20. The van der Waals surface area contributed by atoms with Crippen LogP contribution in [0.25, 0.3) is 6.08 Å². The number of carbonyl (C=O) groups is 1. The fourth-order valence-corrected chi connectivity index (χ4v) is 3.72. The normalized spacial score (nSPS) is 16.8.